The van der Waals surface area contributed by atoms with Crippen LogP contribution < -0.4 is 10.1 Å². The van der Waals surface area contributed by atoms with E-state index >= 15 is 0 Å². The van der Waals surface area contributed by atoms with Crippen LogP contribution in [0.25, 0.3) is 11.0 Å². The molecule has 0 saturated carbocycles. The van der Waals surface area contributed by atoms with Gasteiger partial charge >= 0.3 is 5.97 Å². The number of carbonyl (C=O) groups excluding carboxylic acids is 2. The highest BCUT2D eigenvalue weighted by molar-refractivity contribution is 6.31. The lowest BCUT2D eigenvalue weighted by molar-refractivity contribution is -0.119. The van der Waals surface area contributed by atoms with Gasteiger partial charge in [0.25, 0.3) is 5.91 Å². The van der Waals surface area contributed by atoms with Gasteiger partial charge in [0, 0.05) is 5.02 Å². The molecule has 132 valence electrons. The number of methoxy groups -OCH3 is 1. The van der Waals surface area contributed by atoms with E-state index in [2.05, 4.69) is 15.3 Å². The van der Waals surface area contributed by atoms with E-state index in [4.69, 9.17) is 21.1 Å². The maximum Gasteiger partial charge on any atom is 0.359 e. The van der Waals surface area contributed by atoms with Crippen molar-refractivity contribution in [2.24, 2.45) is 0 Å². The minimum atomic E-state index is -0.739. The number of nitrogens with zero attached hydrogens (tertiary/aromatic N) is 2. The standard InChI is InChI=1S/C18H14ClN3O4/c1-25-16-7-6-11(19)8-14(16)22-17(23)10-26-18(24)15-9-20-12-4-2-3-5-13(12)21-15/h2-9H,10H2,1H3,(H,22,23). The molecule has 1 amide bonds. The molecular formula is C18H14ClN3O4. The zero-order valence-electron chi connectivity index (χ0n) is 13.7. The van der Waals surface area contributed by atoms with E-state index in [1.54, 1.807) is 30.3 Å². The Labute approximate surface area is 153 Å². The molecule has 0 aliphatic heterocycles. The highest BCUT2D eigenvalue weighted by Crippen LogP contribution is 2.27. The van der Waals surface area contributed by atoms with Gasteiger partial charge in [-0.2, -0.15) is 0 Å². The zero-order valence-corrected chi connectivity index (χ0v) is 14.5. The summed E-state index contributed by atoms with van der Waals surface area (Å²) in [6.07, 6.45) is 1.31. The number of anilines is 1. The summed E-state index contributed by atoms with van der Waals surface area (Å²) < 4.78 is 10.1. The smallest absolute Gasteiger partial charge is 0.359 e. The summed E-state index contributed by atoms with van der Waals surface area (Å²) in [5.74, 6) is -0.835. The van der Waals surface area contributed by atoms with E-state index < -0.39 is 18.5 Å². The molecular weight excluding hydrogens is 358 g/mol. The molecule has 8 heteroatoms. The first-order chi connectivity index (χ1) is 12.6. The fourth-order valence-corrected chi connectivity index (χ4v) is 2.40. The van der Waals surface area contributed by atoms with Crippen LogP contribution in [0.2, 0.25) is 5.02 Å². The topological polar surface area (TPSA) is 90.4 Å². The average Bonchev–Trinajstić information content (AvgIpc) is 2.66. The fraction of sp³-hybridized carbons (Fsp3) is 0.111. The zero-order chi connectivity index (χ0) is 18.5. The van der Waals surface area contributed by atoms with Gasteiger partial charge in [-0.05, 0) is 30.3 Å². The first-order valence-corrected chi connectivity index (χ1v) is 7.97. The third-order valence-corrected chi connectivity index (χ3v) is 3.66. The van der Waals surface area contributed by atoms with Gasteiger partial charge in [0.05, 0.1) is 30.0 Å². The van der Waals surface area contributed by atoms with Crippen molar-refractivity contribution in [1.29, 1.82) is 0 Å². The lowest BCUT2D eigenvalue weighted by atomic mass is 10.3. The normalized spacial score (nSPS) is 10.4. The van der Waals surface area contributed by atoms with E-state index in [9.17, 15) is 9.59 Å². The Bertz CT molecular complexity index is 978. The minimum absolute atomic E-state index is 0.0248. The van der Waals surface area contributed by atoms with Crippen molar-refractivity contribution in [2.45, 2.75) is 0 Å². The van der Waals surface area contributed by atoms with Gasteiger partial charge in [-0.15, -0.1) is 0 Å². The summed E-state index contributed by atoms with van der Waals surface area (Å²) in [6.45, 7) is -0.483. The number of nitrogens with one attached hydrogen (secondary N) is 1. The van der Waals surface area contributed by atoms with Crippen molar-refractivity contribution < 1.29 is 19.1 Å². The Morgan fingerprint density at radius 1 is 1.15 bits per heavy atom. The van der Waals surface area contributed by atoms with E-state index in [-0.39, 0.29) is 5.69 Å². The Morgan fingerprint density at radius 2 is 1.92 bits per heavy atom. The third kappa shape index (κ3) is 4.07. The van der Waals surface area contributed by atoms with Gasteiger partial charge in [0.2, 0.25) is 0 Å². The average molecular weight is 372 g/mol. The molecule has 0 unspecified atom stereocenters. The van der Waals surface area contributed by atoms with Gasteiger partial charge < -0.3 is 14.8 Å². The van der Waals surface area contributed by atoms with Crippen LogP contribution in [0, 0.1) is 0 Å². The highest BCUT2D eigenvalue weighted by atomic mass is 35.5. The van der Waals surface area contributed by atoms with Crippen molar-refractivity contribution in [3.8, 4) is 5.75 Å². The van der Waals surface area contributed by atoms with Gasteiger partial charge in [0.15, 0.2) is 12.3 Å². The Balaban J connectivity index is 1.63. The first-order valence-electron chi connectivity index (χ1n) is 7.59. The number of aromatic nitrogens is 2. The number of carbonyl (C=O) groups is 2. The molecule has 0 aliphatic carbocycles. The molecule has 0 saturated heterocycles. The highest BCUT2D eigenvalue weighted by Gasteiger charge is 2.14. The lowest BCUT2D eigenvalue weighted by Crippen LogP contribution is -2.21. The Kier molecular flexibility index (Phi) is 5.28. The molecule has 7 nitrogen and oxygen atoms in total. The van der Waals surface area contributed by atoms with Crippen molar-refractivity contribution in [1.82, 2.24) is 9.97 Å². The number of ether oxygens (including phenoxy) is 2. The molecule has 3 aromatic rings. The predicted octanol–water partition coefficient (Wildman–Crippen LogP) is 3.09. The lowest BCUT2D eigenvalue weighted by Gasteiger charge is -2.10. The summed E-state index contributed by atoms with van der Waals surface area (Å²) in [6, 6.07) is 11.9. The van der Waals surface area contributed by atoms with Gasteiger partial charge in [0.1, 0.15) is 5.75 Å². The molecule has 1 N–H and O–H groups in total. The monoisotopic (exact) mass is 371 g/mol. The molecule has 1 aromatic heterocycles. The van der Waals surface area contributed by atoms with Gasteiger partial charge in [-0.3, -0.25) is 9.78 Å². The van der Waals surface area contributed by atoms with Crippen LogP contribution in [0.15, 0.2) is 48.7 Å². The summed E-state index contributed by atoms with van der Waals surface area (Å²) in [5, 5.41) is 3.01. The predicted molar refractivity (Wildman–Crippen MR) is 96.5 cm³/mol. The number of para-hydroxylation sites is 2. The van der Waals surface area contributed by atoms with Crippen molar-refractivity contribution >= 4 is 40.2 Å². The molecule has 0 fully saturated rings. The molecule has 0 atom stereocenters. The summed E-state index contributed by atoms with van der Waals surface area (Å²) in [5.41, 5.74) is 1.63. The number of benzene rings is 2. The van der Waals surface area contributed by atoms with Crippen LogP contribution in [0.1, 0.15) is 10.5 Å². The van der Waals surface area contributed by atoms with Gasteiger partial charge in [-0.25, -0.2) is 9.78 Å². The fourth-order valence-electron chi connectivity index (χ4n) is 2.22. The molecule has 0 spiro atoms. The number of hydrogen-bond donors (Lipinski definition) is 1. The second kappa shape index (κ2) is 7.79. The number of rotatable bonds is 5. The molecule has 3 rings (SSSR count). The van der Waals surface area contributed by atoms with Crippen LogP contribution in [0.5, 0.6) is 5.75 Å². The van der Waals surface area contributed by atoms with Crippen LogP contribution in [0.3, 0.4) is 0 Å². The minimum Gasteiger partial charge on any atom is -0.495 e. The largest absolute Gasteiger partial charge is 0.495 e. The molecule has 0 bridgehead atoms. The number of fused-ring (bicyclic) bond motifs is 1. The van der Waals surface area contributed by atoms with Crippen LogP contribution >= 0.6 is 11.6 Å². The number of esters is 1. The van der Waals surface area contributed by atoms with E-state index in [0.717, 1.165) is 0 Å². The number of halogens is 1. The maximum absolute atomic E-state index is 12.1. The molecule has 0 aliphatic rings. The van der Waals surface area contributed by atoms with Crippen molar-refractivity contribution in [2.75, 3.05) is 19.0 Å². The van der Waals surface area contributed by atoms with E-state index in [1.165, 1.54) is 19.4 Å². The van der Waals surface area contributed by atoms with E-state index in [1.807, 2.05) is 6.07 Å². The molecule has 1 heterocycles. The maximum atomic E-state index is 12.1. The molecule has 26 heavy (non-hydrogen) atoms. The number of hydrogen-bond acceptors (Lipinski definition) is 6. The molecule has 0 radical (unpaired) electrons. The van der Waals surface area contributed by atoms with Crippen LogP contribution in [-0.4, -0.2) is 35.6 Å². The quantitative estimate of drug-likeness (QED) is 0.693. The van der Waals surface area contributed by atoms with Crippen molar-refractivity contribution in [3.63, 3.8) is 0 Å². The first kappa shape index (κ1) is 17.6. The Hall–Kier alpha value is -3.19. The van der Waals surface area contributed by atoms with Crippen LogP contribution in [0.4, 0.5) is 5.69 Å². The summed E-state index contributed by atoms with van der Waals surface area (Å²) >= 11 is 5.91. The Morgan fingerprint density at radius 3 is 2.69 bits per heavy atom. The molecule has 2 aromatic carbocycles. The SMILES string of the molecule is COc1ccc(Cl)cc1NC(=O)COC(=O)c1cnc2ccccc2n1. The number of amides is 1. The second-order valence-corrected chi connectivity index (χ2v) is 5.65. The van der Waals surface area contributed by atoms with Crippen LogP contribution in [-0.2, 0) is 9.53 Å². The van der Waals surface area contributed by atoms with Crippen molar-refractivity contribution in [3.05, 3.63) is 59.4 Å². The third-order valence-electron chi connectivity index (χ3n) is 3.43. The van der Waals surface area contributed by atoms with E-state index in [0.29, 0.717) is 27.5 Å². The summed E-state index contributed by atoms with van der Waals surface area (Å²) in [7, 11) is 1.47. The summed E-state index contributed by atoms with van der Waals surface area (Å²) in [4.78, 5) is 32.4. The van der Waals surface area contributed by atoms with Gasteiger partial charge in [-0.1, -0.05) is 23.7 Å². The second-order valence-electron chi connectivity index (χ2n) is 5.21.